The van der Waals surface area contributed by atoms with E-state index in [1.54, 1.807) is 0 Å². The second-order valence-corrected chi connectivity index (χ2v) is 14.7. The van der Waals surface area contributed by atoms with Crippen molar-refractivity contribution < 1.29 is 0 Å². The quantitative estimate of drug-likeness (QED) is 0.0534. The number of rotatable bonds is 25. The molecule has 0 saturated carbocycles. The Bertz CT molecular complexity index is 278. The topological polar surface area (TPSA) is 0 Å². The fourth-order valence-corrected chi connectivity index (χ4v) is 5.14. The molecule has 0 aliphatic carbocycles. The van der Waals surface area contributed by atoms with Crippen molar-refractivity contribution in [2.45, 2.75) is 169 Å². The molecule has 0 amide bonds. The molecule has 176 valence electrons. The molecule has 0 aromatic heterocycles. The molecule has 0 aromatic rings. The predicted octanol–water partition coefficient (Wildman–Crippen LogP) is 12.0. The van der Waals surface area contributed by atoms with E-state index in [0.717, 1.165) is 1.93 Å². The maximum absolute atomic E-state index is 2.54. The minimum Gasteiger partial charge on any atom is -0.0710 e. The van der Waals surface area contributed by atoms with Gasteiger partial charge in [0.05, 0.1) is 1.93 Å². The molecule has 0 saturated heterocycles. The van der Waals surface area contributed by atoms with Gasteiger partial charge in [0.1, 0.15) is 0 Å². The van der Waals surface area contributed by atoms with Crippen LogP contribution in [0.2, 0.25) is 0 Å². The van der Waals surface area contributed by atoms with Crippen molar-refractivity contribution in [2.24, 2.45) is 0 Å². The molecule has 0 atom stereocenters. The third kappa shape index (κ3) is 29.5. The summed E-state index contributed by atoms with van der Waals surface area (Å²) in [6.45, 7) is 2.30. The third-order valence-electron chi connectivity index (χ3n) is 6.28. The maximum atomic E-state index is 2.54. The van der Waals surface area contributed by atoms with Gasteiger partial charge in [-0.1, -0.05) is 206 Å². The first-order valence-electron chi connectivity index (χ1n) is 13.6. The predicted molar refractivity (Wildman–Crippen MR) is 153 cm³/mol. The van der Waals surface area contributed by atoms with Crippen LogP contribution < -0.4 is 0 Å². The smallest absolute Gasteiger partial charge is 0.0626 e. The van der Waals surface area contributed by atoms with Crippen molar-refractivity contribution >= 4 is 45.2 Å². The molecule has 0 bridgehead atoms. The van der Waals surface area contributed by atoms with Crippen molar-refractivity contribution in [1.29, 1.82) is 0 Å². The second-order valence-electron chi connectivity index (χ2n) is 9.31. The normalized spacial score (nSPS) is 11.6. The van der Waals surface area contributed by atoms with Crippen LogP contribution in [0, 0.1) is 0 Å². The second kappa shape index (κ2) is 27.5. The van der Waals surface area contributed by atoms with Gasteiger partial charge >= 0.3 is 0 Å². The van der Waals surface area contributed by atoms with Gasteiger partial charge in [0.15, 0.2) is 0 Å². The van der Waals surface area contributed by atoms with Crippen molar-refractivity contribution in [3.8, 4) is 0 Å². The van der Waals surface area contributed by atoms with Gasteiger partial charge in [0.25, 0.3) is 0 Å². The van der Waals surface area contributed by atoms with Gasteiger partial charge in [-0.25, -0.2) is 0 Å². The molecule has 0 nitrogen and oxygen atoms in total. The molecule has 0 spiro atoms. The van der Waals surface area contributed by atoms with Crippen LogP contribution >= 0.6 is 45.2 Å². The standard InChI is InChI=1S/C27H54I2/c1-2-3-4-5-6-7-8-9-10-11-12-13-14-15-16-17-18-19-20-21-22-23-24-25-26-27(28)29/h27H,2-26H2,1H3. The van der Waals surface area contributed by atoms with Gasteiger partial charge < -0.3 is 0 Å². The number of hydrogen-bond acceptors (Lipinski definition) is 0. The zero-order valence-corrected chi connectivity index (χ0v) is 24.3. The Kier molecular flexibility index (Phi) is 28.9. The number of unbranched alkanes of at least 4 members (excludes halogenated alkanes) is 23. The first-order valence-corrected chi connectivity index (χ1v) is 16.0. The number of halogens is 2. The molecule has 0 radical (unpaired) electrons. The highest BCUT2D eigenvalue weighted by molar-refractivity contribution is 14.2. The summed E-state index contributed by atoms with van der Waals surface area (Å²) in [7, 11) is 0. The van der Waals surface area contributed by atoms with Crippen molar-refractivity contribution in [3.63, 3.8) is 0 Å². The average molecular weight is 633 g/mol. The molecular formula is C27H54I2. The summed E-state index contributed by atoms with van der Waals surface area (Å²) in [4.78, 5) is 0. The lowest BCUT2D eigenvalue weighted by Crippen LogP contribution is -1.86. The molecule has 0 N–H and O–H groups in total. The van der Waals surface area contributed by atoms with Gasteiger partial charge in [-0.05, 0) is 6.42 Å². The SMILES string of the molecule is CCCCCCCCCCCCCCCCCCCCCCCCCCC(I)I. The number of alkyl halides is 2. The molecular weight excluding hydrogens is 578 g/mol. The first-order chi connectivity index (χ1) is 14.3. The summed E-state index contributed by atoms with van der Waals surface area (Å²) < 4.78 is 0.838. The molecule has 0 aliphatic rings. The molecule has 0 fully saturated rings. The van der Waals surface area contributed by atoms with Gasteiger partial charge in [-0.15, -0.1) is 0 Å². The Morgan fingerprint density at radius 3 is 0.759 bits per heavy atom. The van der Waals surface area contributed by atoms with Crippen molar-refractivity contribution in [3.05, 3.63) is 0 Å². The van der Waals surface area contributed by atoms with E-state index >= 15 is 0 Å². The fraction of sp³-hybridized carbons (Fsp3) is 1.00. The highest BCUT2D eigenvalue weighted by atomic mass is 127. The van der Waals surface area contributed by atoms with Crippen LogP contribution in [0.5, 0.6) is 0 Å². The molecule has 0 unspecified atom stereocenters. The highest BCUT2D eigenvalue weighted by Crippen LogP contribution is 2.19. The van der Waals surface area contributed by atoms with E-state index in [0.29, 0.717) is 0 Å². The third-order valence-corrected chi connectivity index (χ3v) is 7.52. The molecule has 2 heteroatoms. The van der Waals surface area contributed by atoms with Crippen LogP contribution in [0.15, 0.2) is 0 Å². The Morgan fingerprint density at radius 2 is 0.552 bits per heavy atom. The van der Waals surface area contributed by atoms with E-state index in [9.17, 15) is 0 Å². The van der Waals surface area contributed by atoms with Gasteiger partial charge in [-0.3, -0.25) is 0 Å². The van der Waals surface area contributed by atoms with Gasteiger partial charge in [0.2, 0.25) is 0 Å². The monoisotopic (exact) mass is 632 g/mol. The summed E-state index contributed by atoms with van der Waals surface area (Å²) in [6.07, 6.45) is 36.9. The summed E-state index contributed by atoms with van der Waals surface area (Å²) >= 11 is 5.08. The van der Waals surface area contributed by atoms with Gasteiger partial charge in [-0.2, -0.15) is 0 Å². The van der Waals surface area contributed by atoms with Crippen LogP contribution in [0.1, 0.15) is 167 Å². The van der Waals surface area contributed by atoms with Crippen LogP contribution in [0.4, 0.5) is 0 Å². The summed E-state index contributed by atoms with van der Waals surface area (Å²) in [5.41, 5.74) is 0. The van der Waals surface area contributed by atoms with Crippen LogP contribution in [0.25, 0.3) is 0 Å². The zero-order chi connectivity index (χ0) is 21.3. The van der Waals surface area contributed by atoms with E-state index in [1.807, 2.05) is 0 Å². The largest absolute Gasteiger partial charge is 0.0710 e. The van der Waals surface area contributed by atoms with Crippen molar-refractivity contribution in [2.75, 3.05) is 0 Å². The summed E-state index contributed by atoms with van der Waals surface area (Å²) in [5.74, 6) is 0. The fourth-order valence-electron chi connectivity index (χ4n) is 4.26. The molecule has 0 rings (SSSR count). The van der Waals surface area contributed by atoms with E-state index in [-0.39, 0.29) is 0 Å². The van der Waals surface area contributed by atoms with E-state index in [4.69, 9.17) is 0 Å². The lowest BCUT2D eigenvalue weighted by molar-refractivity contribution is 0.517. The maximum Gasteiger partial charge on any atom is 0.0626 e. The Labute approximate surface area is 213 Å². The minimum atomic E-state index is 0.838. The highest BCUT2D eigenvalue weighted by Gasteiger charge is 1.98. The molecule has 29 heavy (non-hydrogen) atoms. The van der Waals surface area contributed by atoms with Crippen LogP contribution in [-0.4, -0.2) is 1.93 Å². The molecule has 0 aromatic carbocycles. The minimum absolute atomic E-state index is 0.838. The van der Waals surface area contributed by atoms with Crippen molar-refractivity contribution in [1.82, 2.24) is 0 Å². The summed E-state index contributed by atoms with van der Waals surface area (Å²) in [5, 5.41) is 0. The van der Waals surface area contributed by atoms with E-state index in [2.05, 4.69) is 52.1 Å². The Hall–Kier alpha value is 1.46. The zero-order valence-electron chi connectivity index (χ0n) is 20.0. The van der Waals surface area contributed by atoms with Gasteiger partial charge in [0, 0.05) is 0 Å². The van der Waals surface area contributed by atoms with Crippen LogP contribution in [-0.2, 0) is 0 Å². The lowest BCUT2D eigenvalue weighted by atomic mass is 10.0. The first kappa shape index (κ1) is 30.5. The molecule has 0 aliphatic heterocycles. The average Bonchev–Trinajstić information content (AvgIpc) is 2.71. The molecule has 0 heterocycles. The Balaban J connectivity index is 2.98. The Morgan fingerprint density at radius 1 is 0.345 bits per heavy atom. The van der Waals surface area contributed by atoms with E-state index < -0.39 is 0 Å². The van der Waals surface area contributed by atoms with E-state index in [1.165, 1.54) is 161 Å². The number of hydrogen-bond donors (Lipinski definition) is 0. The lowest BCUT2D eigenvalue weighted by Gasteiger charge is -2.04. The summed E-state index contributed by atoms with van der Waals surface area (Å²) in [6, 6.07) is 0. The van der Waals surface area contributed by atoms with Crippen LogP contribution in [0.3, 0.4) is 0 Å².